The molecule has 0 aliphatic rings. The highest BCUT2D eigenvalue weighted by atomic mass is 16.5. The standard InChI is InChI=1S/C13H14N2O4/c1-6-4-8(9(18-3)5-7(6)2)10-11(13(16)17)15-19-12(10)14/h4-5H,14H2,1-3H3,(H,16,17). The van der Waals surface area contributed by atoms with Gasteiger partial charge >= 0.3 is 5.97 Å². The summed E-state index contributed by atoms with van der Waals surface area (Å²) in [6.45, 7) is 3.86. The maximum Gasteiger partial charge on any atom is 0.358 e. The number of aryl methyl sites for hydroxylation is 2. The number of anilines is 1. The van der Waals surface area contributed by atoms with E-state index in [0.717, 1.165) is 11.1 Å². The molecule has 0 unspecified atom stereocenters. The van der Waals surface area contributed by atoms with Gasteiger partial charge in [0.1, 0.15) is 5.75 Å². The number of methoxy groups -OCH3 is 1. The van der Waals surface area contributed by atoms with Crippen LogP contribution in [0.4, 0.5) is 5.88 Å². The summed E-state index contributed by atoms with van der Waals surface area (Å²) < 4.78 is 10.0. The molecule has 1 heterocycles. The van der Waals surface area contributed by atoms with E-state index in [9.17, 15) is 4.79 Å². The minimum absolute atomic E-state index is 0.0426. The van der Waals surface area contributed by atoms with Crippen LogP contribution in [0.5, 0.6) is 5.75 Å². The largest absolute Gasteiger partial charge is 0.496 e. The van der Waals surface area contributed by atoms with Crippen molar-refractivity contribution in [3.63, 3.8) is 0 Å². The summed E-state index contributed by atoms with van der Waals surface area (Å²) in [5.41, 5.74) is 8.28. The fourth-order valence-corrected chi connectivity index (χ4v) is 1.86. The van der Waals surface area contributed by atoms with Gasteiger partial charge in [-0.2, -0.15) is 0 Å². The summed E-state index contributed by atoms with van der Waals surface area (Å²) in [6, 6.07) is 3.63. The highest BCUT2D eigenvalue weighted by molar-refractivity contribution is 5.98. The molecule has 2 aromatic rings. The third-order valence-electron chi connectivity index (χ3n) is 3.01. The van der Waals surface area contributed by atoms with Crippen molar-refractivity contribution < 1.29 is 19.2 Å². The van der Waals surface area contributed by atoms with Crippen molar-refractivity contribution in [3.05, 3.63) is 29.0 Å². The first-order chi connectivity index (χ1) is 8.95. The topological polar surface area (TPSA) is 98.6 Å². The molecule has 0 saturated carbocycles. The minimum Gasteiger partial charge on any atom is -0.496 e. The van der Waals surface area contributed by atoms with Gasteiger partial charge in [0.25, 0.3) is 0 Å². The van der Waals surface area contributed by atoms with E-state index < -0.39 is 5.97 Å². The molecule has 0 saturated heterocycles. The zero-order chi connectivity index (χ0) is 14.2. The smallest absolute Gasteiger partial charge is 0.358 e. The number of aromatic carboxylic acids is 1. The molecule has 0 bridgehead atoms. The Balaban J connectivity index is 2.75. The number of rotatable bonds is 3. The maximum absolute atomic E-state index is 11.1. The maximum atomic E-state index is 11.1. The molecule has 0 aliphatic carbocycles. The second-order valence-corrected chi connectivity index (χ2v) is 4.21. The number of hydrogen-bond donors (Lipinski definition) is 2. The van der Waals surface area contributed by atoms with Gasteiger partial charge in [-0.3, -0.25) is 0 Å². The Morgan fingerprint density at radius 3 is 2.58 bits per heavy atom. The number of carbonyl (C=O) groups is 1. The fraction of sp³-hybridized carbons (Fsp3) is 0.231. The highest BCUT2D eigenvalue weighted by Crippen LogP contribution is 2.38. The molecule has 1 aromatic carbocycles. The first-order valence-corrected chi connectivity index (χ1v) is 5.59. The number of carboxylic acids is 1. The number of aromatic nitrogens is 1. The lowest BCUT2D eigenvalue weighted by molar-refractivity contribution is 0.0686. The zero-order valence-corrected chi connectivity index (χ0v) is 10.9. The van der Waals surface area contributed by atoms with Crippen LogP contribution in [-0.2, 0) is 0 Å². The first kappa shape index (κ1) is 12.9. The van der Waals surface area contributed by atoms with Gasteiger partial charge in [0.2, 0.25) is 11.6 Å². The van der Waals surface area contributed by atoms with E-state index in [-0.39, 0.29) is 17.1 Å². The quantitative estimate of drug-likeness (QED) is 0.880. The van der Waals surface area contributed by atoms with E-state index >= 15 is 0 Å². The van der Waals surface area contributed by atoms with Gasteiger partial charge in [-0.1, -0.05) is 5.16 Å². The van der Waals surface area contributed by atoms with Crippen LogP contribution >= 0.6 is 0 Å². The Hall–Kier alpha value is -2.50. The molecule has 0 spiro atoms. The van der Waals surface area contributed by atoms with Gasteiger partial charge in [0.05, 0.1) is 12.7 Å². The molecule has 1 aromatic heterocycles. The van der Waals surface area contributed by atoms with Crippen molar-refractivity contribution in [1.82, 2.24) is 5.16 Å². The second kappa shape index (κ2) is 4.64. The molecular weight excluding hydrogens is 248 g/mol. The Morgan fingerprint density at radius 1 is 1.37 bits per heavy atom. The summed E-state index contributed by atoms with van der Waals surface area (Å²) in [5, 5.41) is 12.6. The summed E-state index contributed by atoms with van der Waals surface area (Å²) in [7, 11) is 1.51. The summed E-state index contributed by atoms with van der Waals surface area (Å²) in [4.78, 5) is 11.1. The van der Waals surface area contributed by atoms with Crippen molar-refractivity contribution in [2.24, 2.45) is 0 Å². The molecule has 0 radical (unpaired) electrons. The van der Waals surface area contributed by atoms with Gasteiger partial charge in [0, 0.05) is 5.56 Å². The first-order valence-electron chi connectivity index (χ1n) is 5.59. The molecule has 6 nitrogen and oxygen atoms in total. The van der Waals surface area contributed by atoms with Crippen LogP contribution in [0.1, 0.15) is 21.6 Å². The average Bonchev–Trinajstić information content (AvgIpc) is 2.74. The van der Waals surface area contributed by atoms with Crippen molar-refractivity contribution in [2.75, 3.05) is 12.8 Å². The molecule has 0 amide bonds. The van der Waals surface area contributed by atoms with Crippen molar-refractivity contribution in [2.45, 2.75) is 13.8 Å². The van der Waals surface area contributed by atoms with Gasteiger partial charge < -0.3 is 20.1 Å². The van der Waals surface area contributed by atoms with Crippen LogP contribution in [-0.4, -0.2) is 23.3 Å². The fourth-order valence-electron chi connectivity index (χ4n) is 1.86. The number of nitrogens with zero attached hydrogens (tertiary/aromatic N) is 1. The SMILES string of the molecule is COc1cc(C)c(C)cc1-c1c(C(=O)O)noc1N. The monoisotopic (exact) mass is 262 g/mol. The van der Waals surface area contributed by atoms with E-state index in [1.165, 1.54) is 7.11 Å². The number of ether oxygens (including phenoxy) is 1. The molecule has 0 atom stereocenters. The zero-order valence-electron chi connectivity index (χ0n) is 10.9. The molecular formula is C13H14N2O4. The van der Waals surface area contributed by atoms with E-state index in [1.54, 1.807) is 0 Å². The lowest BCUT2D eigenvalue weighted by Gasteiger charge is -2.11. The van der Waals surface area contributed by atoms with E-state index in [4.69, 9.17) is 20.1 Å². The predicted molar refractivity (Wildman–Crippen MR) is 69.3 cm³/mol. The van der Waals surface area contributed by atoms with Gasteiger partial charge in [-0.25, -0.2) is 4.79 Å². The van der Waals surface area contributed by atoms with Gasteiger partial charge in [-0.15, -0.1) is 0 Å². The van der Waals surface area contributed by atoms with Crippen LogP contribution in [0.25, 0.3) is 11.1 Å². The lowest BCUT2D eigenvalue weighted by Crippen LogP contribution is -2.01. The summed E-state index contributed by atoms with van der Waals surface area (Å²) in [5.74, 6) is -0.713. The number of benzene rings is 1. The Morgan fingerprint density at radius 2 is 2.00 bits per heavy atom. The van der Waals surface area contributed by atoms with Crippen LogP contribution in [0.2, 0.25) is 0 Å². The van der Waals surface area contributed by atoms with Gasteiger partial charge in [0.15, 0.2) is 0 Å². The van der Waals surface area contributed by atoms with Crippen LogP contribution in [0, 0.1) is 13.8 Å². The minimum atomic E-state index is -1.20. The molecule has 2 rings (SSSR count). The number of nitrogen functional groups attached to an aromatic ring is 1. The third kappa shape index (κ3) is 2.12. The lowest BCUT2D eigenvalue weighted by atomic mass is 9.99. The van der Waals surface area contributed by atoms with Crippen LogP contribution in [0.3, 0.4) is 0 Å². The summed E-state index contributed by atoms with van der Waals surface area (Å²) in [6.07, 6.45) is 0. The van der Waals surface area contributed by atoms with E-state index in [0.29, 0.717) is 11.3 Å². The third-order valence-corrected chi connectivity index (χ3v) is 3.01. The van der Waals surface area contributed by atoms with E-state index in [2.05, 4.69) is 5.16 Å². The second-order valence-electron chi connectivity index (χ2n) is 4.21. The molecule has 0 aliphatic heterocycles. The number of nitrogens with two attached hydrogens (primary N) is 1. The van der Waals surface area contributed by atoms with Crippen LogP contribution < -0.4 is 10.5 Å². The van der Waals surface area contributed by atoms with Crippen molar-refractivity contribution in [1.29, 1.82) is 0 Å². The van der Waals surface area contributed by atoms with Gasteiger partial charge in [-0.05, 0) is 37.1 Å². The molecule has 3 N–H and O–H groups in total. The highest BCUT2D eigenvalue weighted by Gasteiger charge is 2.24. The number of hydrogen-bond acceptors (Lipinski definition) is 5. The molecule has 6 heteroatoms. The normalized spacial score (nSPS) is 10.5. The van der Waals surface area contributed by atoms with Crippen molar-refractivity contribution in [3.8, 4) is 16.9 Å². The average molecular weight is 262 g/mol. The summed E-state index contributed by atoms with van der Waals surface area (Å²) >= 11 is 0. The van der Waals surface area contributed by atoms with Crippen LogP contribution in [0.15, 0.2) is 16.7 Å². The van der Waals surface area contributed by atoms with E-state index in [1.807, 2.05) is 26.0 Å². The molecule has 100 valence electrons. The number of carboxylic acid groups (broad SMARTS) is 1. The predicted octanol–water partition coefficient (Wildman–Crippen LogP) is 2.25. The Bertz CT molecular complexity index is 646. The molecule has 0 fully saturated rings. The molecule has 19 heavy (non-hydrogen) atoms. The van der Waals surface area contributed by atoms with Crippen molar-refractivity contribution >= 4 is 11.9 Å². The Labute approximate surface area is 109 Å². The Kier molecular flexibility index (Phi) is 3.16.